The molecule has 2 amide bonds. The number of ether oxygens (including phenoxy) is 1. The minimum atomic E-state index is -1.27. The van der Waals surface area contributed by atoms with Crippen molar-refractivity contribution in [1.29, 1.82) is 0 Å². The van der Waals surface area contributed by atoms with Gasteiger partial charge in [0.25, 0.3) is 0 Å². The van der Waals surface area contributed by atoms with Gasteiger partial charge in [-0.25, -0.2) is 9.59 Å². The predicted molar refractivity (Wildman–Crippen MR) is 60.9 cm³/mol. The molecular weight excluding hydrogens is 226 g/mol. The van der Waals surface area contributed by atoms with E-state index in [1.807, 2.05) is 7.05 Å². The fourth-order valence-electron chi connectivity index (χ4n) is 1.61. The van der Waals surface area contributed by atoms with Gasteiger partial charge in [0.05, 0.1) is 6.61 Å². The molecule has 0 bridgehead atoms. The summed E-state index contributed by atoms with van der Waals surface area (Å²) in [7, 11) is 1.83. The Labute approximate surface area is 99.9 Å². The van der Waals surface area contributed by atoms with E-state index in [9.17, 15) is 9.59 Å². The third kappa shape index (κ3) is 3.86. The molecule has 7 heteroatoms. The highest BCUT2D eigenvalue weighted by atomic mass is 16.5. The summed E-state index contributed by atoms with van der Waals surface area (Å²) in [6, 6.07) is -0.464. The number of hydrogen-bond donors (Lipinski definition) is 4. The summed E-state index contributed by atoms with van der Waals surface area (Å²) in [5, 5.41) is 17.1. The normalized spacial score (nSPS) is 23.4. The van der Waals surface area contributed by atoms with Crippen LogP contribution in [0.2, 0.25) is 0 Å². The van der Waals surface area contributed by atoms with Gasteiger partial charge in [0, 0.05) is 19.6 Å². The average Bonchev–Trinajstić information content (AvgIpc) is 2.74. The quantitative estimate of drug-likeness (QED) is 0.456. The van der Waals surface area contributed by atoms with Gasteiger partial charge in [0.1, 0.15) is 0 Å². The van der Waals surface area contributed by atoms with E-state index in [-0.39, 0.29) is 6.61 Å². The first-order valence-corrected chi connectivity index (χ1v) is 5.62. The van der Waals surface area contributed by atoms with E-state index in [0.29, 0.717) is 19.6 Å². The lowest BCUT2D eigenvalue weighted by Crippen LogP contribution is -2.57. The molecule has 0 saturated carbocycles. The van der Waals surface area contributed by atoms with Crippen molar-refractivity contribution >= 4 is 12.0 Å². The minimum absolute atomic E-state index is 0.0201. The van der Waals surface area contributed by atoms with Crippen LogP contribution in [0.3, 0.4) is 0 Å². The first-order valence-electron chi connectivity index (χ1n) is 5.62. The van der Waals surface area contributed by atoms with Crippen molar-refractivity contribution in [1.82, 2.24) is 16.0 Å². The molecule has 1 aliphatic rings. The van der Waals surface area contributed by atoms with E-state index in [1.165, 1.54) is 0 Å². The van der Waals surface area contributed by atoms with Crippen LogP contribution >= 0.6 is 0 Å². The van der Waals surface area contributed by atoms with Gasteiger partial charge >= 0.3 is 12.0 Å². The molecule has 98 valence electrons. The number of hydrogen-bond acceptors (Lipinski definition) is 4. The molecule has 0 aromatic heterocycles. The number of carbonyl (C=O) groups excluding carboxylic acids is 1. The highest BCUT2D eigenvalue weighted by Crippen LogP contribution is 2.18. The second-order valence-corrected chi connectivity index (χ2v) is 4.03. The van der Waals surface area contributed by atoms with Gasteiger partial charge in [-0.3, -0.25) is 0 Å². The molecule has 17 heavy (non-hydrogen) atoms. The Morgan fingerprint density at radius 2 is 2.18 bits per heavy atom. The monoisotopic (exact) mass is 245 g/mol. The summed E-state index contributed by atoms with van der Waals surface area (Å²) in [6.45, 7) is 1.68. The molecule has 1 aliphatic heterocycles. The van der Waals surface area contributed by atoms with Crippen LogP contribution in [0.5, 0.6) is 0 Å². The summed E-state index contributed by atoms with van der Waals surface area (Å²) in [6.07, 6.45) is 1.09. The third-order valence-electron chi connectivity index (χ3n) is 2.67. The second-order valence-electron chi connectivity index (χ2n) is 4.03. The maximum atomic E-state index is 11.5. The van der Waals surface area contributed by atoms with Crippen molar-refractivity contribution in [3.8, 4) is 0 Å². The molecule has 7 nitrogen and oxygen atoms in total. The molecule has 0 aromatic rings. The highest BCUT2D eigenvalue weighted by molar-refractivity contribution is 5.86. The Bertz CT molecular complexity index is 277. The number of amides is 2. The van der Waals surface area contributed by atoms with Crippen LogP contribution in [-0.4, -0.2) is 56.0 Å². The van der Waals surface area contributed by atoms with Gasteiger partial charge in [-0.1, -0.05) is 0 Å². The van der Waals surface area contributed by atoms with Crippen molar-refractivity contribution in [2.45, 2.75) is 18.4 Å². The first-order chi connectivity index (χ1) is 8.10. The van der Waals surface area contributed by atoms with Gasteiger partial charge in [-0.05, 0) is 20.0 Å². The topological polar surface area (TPSA) is 99.7 Å². The molecule has 1 saturated heterocycles. The van der Waals surface area contributed by atoms with Crippen molar-refractivity contribution in [3.05, 3.63) is 0 Å². The zero-order valence-corrected chi connectivity index (χ0v) is 9.91. The largest absolute Gasteiger partial charge is 0.479 e. The molecule has 0 aliphatic carbocycles. The standard InChI is InChI=1S/C10H19N3O4/c1-11-4-2-5-12-9(16)13-10(8(14)15)3-6-17-7-10/h11H,2-7H2,1H3,(H,14,15)(H2,12,13,16). The van der Waals surface area contributed by atoms with Crippen LogP contribution in [0.15, 0.2) is 0 Å². The van der Waals surface area contributed by atoms with Crippen molar-refractivity contribution < 1.29 is 19.4 Å². The lowest BCUT2D eigenvalue weighted by Gasteiger charge is -2.23. The number of carboxylic acid groups (broad SMARTS) is 1. The van der Waals surface area contributed by atoms with Gasteiger partial charge in [0.2, 0.25) is 0 Å². The number of nitrogens with one attached hydrogen (secondary N) is 3. The van der Waals surface area contributed by atoms with E-state index in [1.54, 1.807) is 0 Å². The van der Waals surface area contributed by atoms with E-state index in [2.05, 4.69) is 16.0 Å². The van der Waals surface area contributed by atoms with E-state index < -0.39 is 17.5 Å². The number of urea groups is 1. The Morgan fingerprint density at radius 3 is 2.71 bits per heavy atom. The number of rotatable bonds is 6. The average molecular weight is 245 g/mol. The SMILES string of the molecule is CNCCCNC(=O)NC1(C(=O)O)CCOC1. The van der Waals surface area contributed by atoms with Crippen LogP contribution in [-0.2, 0) is 9.53 Å². The molecule has 1 fully saturated rings. The molecule has 1 unspecified atom stereocenters. The van der Waals surface area contributed by atoms with Crippen LogP contribution in [0, 0.1) is 0 Å². The van der Waals surface area contributed by atoms with Gasteiger partial charge in [0.15, 0.2) is 5.54 Å². The number of carboxylic acids is 1. The molecule has 0 spiro atoms. The Kier molecular flexibility index (Phi) is 5.17. The summed E-state index contributed by atoms with van der Waals surface area (Å²) in [5.41, 5.74) is -1.27. The van der Waals surface area contributed by atoms with Crippen molar-refractivity contribution in [2.75, 3.05) is 33.4 Å². The highest BCUT2D eigenvalue weighted by Gasteiger charge is 2.43. The summed E-state index contributed by atoms with van der Waals surface area (Å²) in [4.78, 5) is 22.6. The second kappa shape index (κ2) is 6.41. The van der Waals surface area contributed by atoms with Gasteiger partial charge in [-0.15, -0.1) is 0 Å². The smallest absolute Gasteiger partial charge is 0.332 e. The molecular formula is C10H19N3O4. The molecule has 1 heterocycles. The van der Waals surface area contributed by atoms with Gasteiger partial charge in [-0.2, -0.15) is 0 Å². The van der Waals surface area contributed by atoms with Crippen LogP contribution in [0.1, 0.15) is 12.8 Å². The Morgan fingerprint density at radius 1 is 1.41 bits per heavy atom. The molecule has 1 rings (SSSR count). The minimum Gasteiger partial charge on any atom is -0.479 e. The summed E-state index contributed by atoms with van der Waals surface area (Å²) < 4.78 is 5.03. The maximum absolute atomic E-state index is 11.5. The van der Waals surface area contributed by atoms with E-state index >= 15 is 0 Å². The van der Waals surface area contributed by atoms with Crippen LogP contribution < -0.4 is 16.0 Å². The van der Waals surface area contributed by atoms with E-state index in [4.69, 9.17) is 9.84 Å². The van der Waals surface area contributed by atoms with E-state index in [0.717, 1.165) is 13.0 Å². The fraction of sp³-hybridized carbons (Fsp3) is 0.800. The number of aliphatic carboxylic acids is 1. The zero-order chi connectivity index (χ0) is 12.7. The zero-order valence-electron chi connectivity index (χ0n) is 9.91. The number of carbonyl (C=O) groups is 2. The molecule has 1 atom stereocenters. The fourth-order valence-corrected chi connectivity index (χ4v) is 1.61. The van der Waals surface area contributed by atoms with Crippen molar-refractivity contribution in [2.24, 2.45) is 0 Å². The lowest BCUT2D eigenvalue weighted by atomic mass is 9.99. The molecule has 4 N–H and O–H groups in total. The first kappa shape index (κ1) is 13.7. The van der Waals surface area contributed by atoms with Crippen molar-refractivity contribution in [3.63, 3.8) is 0 Å². The molecule has 0 radical (unpaired) electrons. The summed E-state index contributed by atoms with van der Waals surface area (Å²) in [5.74, 6) is -1.06. The van der Waals surface area contributed by atoms with Crippen LogP contribution in [0.25, 0.3) is 0 Å². The van der Waals surface area contributed by atoms with Gasteiger partial charge < -0.3 is 25.8 Å². The van der Waals surface area contributed by atoms with Crippen LogP contribution in [0.4, 0.5) is 4.79 Å². The summed E-state index contributed by atoms with van der Waals surface area (Å²) >= 11 is 0. The lowest BCUT2D eigenvalue weighted by molar-refractivity contribution is -0.144. The maximum Gasteiger partial charge on any atom is 0.332 e. The molecule has 0 aromatic carbocycles. The third-order valence-corrected chi connectivity index (χ3v) is 2.67. The predicted octanol–water partition coefficient (Wildman–Crippen LogP) is -0.861. The Hall–Kier alpha value is -1.34. The Balaban J connectivity index is 2.35.